The van der Waals surface area contributed by atoms with Crippen LogP contribution in [0.4, 0.5) is 4.79 Å². The molecular formula is C14H15N3O2. The van der Waals surface area contributed by atoms with Crippen LogP contribution in [0.2, 0.25) is 0 Å². The smallest absolute Gasteiger partial charge is 0.324 e. The molecule has 1 aromatic carbocycles. The van der Waals surface area contributed by atoms with Crippen LogP contribution in [0.25, 0.3) is 10.9 Å². The van der Waals surface area contributed by atoms with Crippen LogP contribution in [0, 0.1) is 6.92 Å². The van der Waals surface area contributed by atoms with Crippen molar-refractivity contribution in [2.45, 2.75) is 19.4 Å². The first-order valence-electron chi connectivity index (χ1n) is 6.22. The Bertz CT molecular complexity index is 674. The SMILES string of the molecule is Cc1[nH]c2ccccc2c1CC1NC(=O)N(C)C1=O. The molecule has 2 N–H and O–H groups in total. The number of likely N-dealkylation sites (N-methyl/N-ethyl adjacent to an activating group) is 1. The Hall–Kier alpha value is -2.30. The molecule has 2 aromatic rings. The van der Waals surface area contributed by atoms with Crippen molar-refractivity contribution in [2.24, 2.45) is 0 Å². The Kier molecular flexibility index (Phi) is 2.55. The topological polar surface area (TPSA) is 65.2 Å². The summed E-state index contributed by atoms with van der Waals surface area (Å²) in [5, 5.41) is 3.82. The van der Waals surface area contributed by atoms with Crippen LogP contribution in [0.5, 0.6) is 0 Å². The van der Waals surface area contributed by atoms with Crippen LogP contribution in [-0.2, 0) is 11.2 Å². The number of H-pyrrole nitrogens is 1. The average molecular weight is 257 g/mol. The molecule has 1 aromatic heterocycles. The average Bonchev–Trinajstić information content (AvgIpc) is 2.83. The van der Waals surface area contributed by atoms with Gasteiger partial charge < -0.3 is 10.3 Å². The molecule has 3 amide bonds. The summed E-state index contributed by atoms with van der Waals surface area (Å²) >= 11 is 0. The highest BCUT2D eigenvalue weighted by Gasteiger charge is 2.35. The minimum absolute atomic E-state index is 0.172. The van der Waals surface area contributed by atoms with E-state index in [1.54, 1.807) is 0 Å². The number of para-hydroxylation sites is 1. The van der Waals surface area contributed by atoms with Gasteiger partial charge in [0.2, 0.25) is 0 Å². The van der Waals surface area contributed by atoms with Gasteiger partial charge in [0, 0.05) is 30.1 Å². The Morgan fingerprint density at radius 1 is 1.26 bits per heavy atom. The van der Waals surface area contributed by atoms with Crippen molar-refractivity contribution < 1.29 is 9.59 Å². The summed E-state index contributed by atoms with van der Waals surface area (Å²) in [5.74, 6) is -0.172. The number of urea groups is 1. The molecule has 1 unspecified atom stereocenters. The predicted octanol–water partition coefficient (Wildman–Crippen LogP) is 1.57. The molecule has 98 valence electrons. The lowest BCUT2D eigenvalue weighted by molar-refractivity contribution is -0.126. The molecule has 5 nitrogen and oxygen atoms in total. The van der Waals surface area contributed by atoms with Crippen molar-refractivity contribution in [3.8, 4) is 0 Å². The van der Waals surface area contributed by atoms with Crippen LogP contribution < -0.4 is 5.32 Å². The Morgan fingerprint density at radius 2 is 2.00 bits per heavy atom. The van der Waals surface area contributed by atoms with E-state index >= 15 is 0 Å². The summed E-state index contributed by atoms with van der Waals surface area (Å²) in [4.78, 5) is 27.8. The van der Waals surface area contributed by atoms with Crippen molar-refractivity contribution in [1.82, 2.24) is 15.2 Å². The van der Waals surface area contributed by atoms with Crippen molar-refractivity contribution >= 4 is 22.8 Å². The zero-order valence-corrected chi connectivity index (χ0v) is 10.9. The van der Waals surface area contributed by atoms with E-state index in [1.165, 1.54) is 7.05 Å². The van der Waals surface area contributed by atoms with Gasteiger partial charge in [0.15, 0.2) is 0 Å². The first-order valence-corrected chi connectivity index (χ1v) is 6.22. The number of nitrogens with one attached hydrogen (secondary N) is 2. The number of carbonyl (C=O) groups excluding carboxylic acids is 2. The monoisotopic (exact) mass is 257 g/mol. The maximum Gasteiger partial charge on any atom is 0.324 e. The molecule has 1 aliphatic rings. The maximum atomic E-state index is 11.9. The van der Waals surface area contributed by atoms with E-state index in [2.05, 4.69) is 10.3 Å². The number of hydrogen-bond acceptors (Lipinski definition) is 2. The summed E-state index contributed by atoms with van der Waals surface area (Å²) in [6.07, 6.45) is 0.519. The summed E-state index contributed by atoms with van der Waals surface area (Å²) in [6.45, 7) is 1.99. The standard InChI is InChI=1S/C14H15N3O2/c1-8-10(9-5-3-4-6-11(9)15-8)7-12-13(18)17(2)14(19)16-12/h3-6,12,15H,7H2,1-2H3,(H,16,19). The summed E-state index contributed by atoms with van der Waals surface area (Å²) in [5.41, 5.74) is 3.18. The summed E-state index contributed by atoms with van der Waals surface area (Å²) < 4.78 is 0. The van der Waals surface area contributed by atoms with E-state index in [1.807, 2.05) is 31.2 Å². The van der Waals surface area contributed by atoms with E-state index in [0.717, 1.165) is 27.1 Å². The van der Waals surface area contributed by atoms with E-state index < -0.39 is 6.04 Å². The lowest BCUT2D eigenvalue weighted by Gasteiger charge is -2.08. The summed E-state index contributed by atoms with van der Waals surface area (Å²) in [7, 11) is 1.50. The molecule has 1 aliphatic heterocycles. The second-order valence-corrected chi connectivity index (χ2v) is 4.88. The largest absolute Gasteiger partial charge is 0.358 e. The third kappa shape index (κ3) is 1.78. The number of aromatic amines is 1. The van der Waals surface area contributed by atoms with Gasteiger partial charge in [-0.1, -0.05) is 18.2 Å². The van der Waals surface area contributed by atoms with Crippen LogP contribution in [0.3, 0.4) is 0 Å². The van der Waals surface area contributed by atoms with Crippen LogP contribution in [0.15, 0.2) is 24.3 Å². The number of hydrogen-bond donors (Lipinski definition) is 2. The zero-order valence-electron chi connectivity index (χ0n) is 10.9. The van der Waals surface area contributed by atoms with Gasteiger partial charge in [0.25, 0.3) is 5.91 Å². The van der Waals surface area contributed by atoms with E-state index in [9.17, 15) is 9.59 Å². The maximum absolute atomic E-state index is 11.9. The van der Waals surface area contributed by atoms with Crippen molar-refractivity contribution in [3.05, 3.63) is 35.5 Å². The Morgan fingerprint density at radius 3 is 2.68 bits per heavy atom. The number of amides is 3. The van der Waals surface area contributed by atoms with Gasteiger partial charge in [0.1, 0.15) is 6.04 Å². The van der Waals surface area contributed by atoms with Crippen LogP contribution >= 0.6 is 0 Å². The number of rotatable bonds is 2. The number of benzene rings is 1. The van der Waals surface area contributed by atoms with Gasteiger partial charge in [-0.15, -0.1) is 0 Å². The first kappa shape index (κ1) is 11.8. The lowest BCUT2D eigenvalue weighted by atomic mass is 10.0. The van der Waals surface area contributed by atoms with Crippen molar-refractivity contribution in [1.29, 1.82) is 0 Å². The molecule has 5 heteroatoms. The molecule has 19 heavy (non-hydrogen) atoms. The van der Waals surface area contributed by atoms with Gasteiger partial charge in [-0.25, -0.2) is 4.79 Å². The highest BCUT2D eigenvalue weighted by atomic mass is 16.2. The Labute approximate surface area is 110 Å². The fourth-order valence-electron chi connectivity index (χ4n) is 2.58. The number of aromatic nitrogens is 1. The molecule has 0 radical (unpaired) electrons. The van der Waals surface area contributed by atoms with Crippen LogP contribution in [-0.4, -0.2) is 34.9 Å². The van der Waals surface area contributed by atoms with E-state index in [-0.39, 0.29) is 11.9 Å². The van der Waals surface area contributed by atoms with Gasteiger partial charge in [0.05, 0.1) is 0 Å². The molecular weight excluding hydrogens is 242 g/mol. The fraction of sp³-hybridized carbons (Fsp3) is 0.286. The molecule has 1 fully saturated rings. The number of nitrogens with zero attached hydrogens (tertiary/aromatic N) is 1. The van der Waals surface area contributed by atoms with E-state index in [0.29, 0.717) is 6.42 Å². The third-order valence-corrected chi connectivity index (χ3v) is 3.67. The zero-order chi connectivity index (χ0) is 13.6. The second-order valence-electron chi connectivity index (χ2n) is 4.88. The lowest BCUT2D eigenvalue weighted by Crippen LogP contribution is -2.31. The quantitative estimate of drug-likeness (QED) is 0.802. The molecule has 0 bridgehead atoms. The highest BCUT2D eigenvalue weighted by molar-refractivity contribution is 6.04. The fourth-order valence-corrected chi connectivity index (χ4v) is 2.58. The minimum Gasteiger partial charge on any atom is -0.358 e. The third-order valence-electron chi connectivity index (χ3n) is 3.67. The molecule has 0 spiro atoms. The number of imide groups is 1. The van der Waals surface area contributed by atoms with Gasteiger partial charge >= 0.3 is 6.03 Å². The number of carbonyl (C=O) groups is 2. The van der Waals surface area contributed by atoms with E-state index in [4.69, 9.17) is 0 Å². The first-order chi connectivity index (χ1) is 9.08. The van der Waals surface area contributed by atoms with Crippen molar-refractivity contribution in [3.63, 3.8) is 0 Å². The number of aryl methyl sites for hydroxylation is 1. The second kappa shape index (κ2) is 4.12. The molecule has 1 atom stereocenters. The van der Waals surface area contributed by atoms with Crippen LogP contribution in [0.1, 0.15) is 11.3 Å². The predicted molar refractivity (Wildman–Crippen MR) is 71.8 cm³/mol. The molecule has 0 saturated carbocycles. The molecule has 0 aliphatic carbocycles. The molecule has 1 saturated heterocycles. The van der Waals surface area contributed by atoms with Gasteiger partial charge in [-0.2, -0.15) is 0 Å². The van der Waals surface area contributed by atoms with Crippen molar-refractivity contribution in [2.75, 3.05) is 7.05 Å². The number of fused-ring (bicyclic) bond motifs is 1. The normalized spacial score (nSPS) is 19.3. The van der Waals surface area contributed by atoms with Gasteiger partial charge in [-0.05, 0) is 18.6 Å². The minimum atomic E-state index is -0.463. The summed E-state index contributed by atoms with van der Waals surface area (Å²) in [6, 6.07) is 7.19. The van der Waals surface area contributed by atoms with Gasteiger partial charge in [-0.3, -0.25) is 9.69 Å². The molecule has 3 rings (SSSR count). The molecule has 2 heterocycles. The highest BCUT2D eigenvalue weighted by Crippen LogP contribution is 2.24. The Balaban J connectivity index is 1.96.